The quantitative estimate of drug-likeness (QED) is 0.358. The van der Waals surface area contributed by atoms with Gasteiger partial charge >= 0.3 is 0 Å². The van der Waals surface area contributed by atoms with E-state index in [1.54, 1.807) is 30.3 Å². The van der Waals surface area contributed by atoms with Crippen LogP contribution in [-0.2, 0) is 14.8 Å². The van der Waals surface area contributed by atoms with Gasteiger partial charge in [0.05, 0.1) is 16.5 Å². The van der Waals surface area contributed by atoms with Gasteiger partial charge in [-0.3, -0.25) is 4.79 Å². The molecule has 4 rings (SSSR count). The molecular weight excluding hydrogens is 477 g/mol. The van der Waals surface area contributed by atoms with Crippen molar-refractivity contribution in [3.63, 3.8) is 0 Å². The molecule has 0 saturated heterocycles. The molecule has 1 amide bonds. The highest BCUT2D eigenvalue weighted by molar-refractivity contribution is 7.90. The Kier molecular flexibility index (Phi) is 7.28. The number of nitrogens with zero attached hydrogens (tertiary/aromatic N) is 2. The first-order chi connectivity index (χ1) is 16.2. The van der Waals surface area contributed by atoms with Crippen molar-refractivity contribution in [1.29, 1.82) is 0 Å². The van der Waals surface area contributed by atoms with E-state index in [2.05, 4.69) is 14.7 Å². The number of aromatic nitrogens is 1. The van der Waals surface area contributed by atoms with E-state index in [9.17, 15) is 17.6 Å². The predicted octanol–water partition coefficient (Wildman–Crippen LogP) is 5.47. The van der Waals surface area contributed by atoms with Crippen LogP contribution in [0.2, 0.25) is 5.15 Å². The number of sulfonamides is 1. The Morgan fingerprint density at radius 1 is 1.12 bits per heavy atom. The number of carbonyl (C=O) groups excluding carboxylic acids is 1. The number of halogens is 2. The fourth-order valence-electron chi connectivity index (χ4n) is 4.16. The summed E-state index contributed by atoms with van der Waals surface area (Å²) in [5.41, 5.74) is 1.45. The van der Waals surface area contributed by atoms with Crippen molar-refractivity contribution in [1.82, 2.24) is 10.3 Å². The van der Waals surface area contributed by atoms with E-state index >= 15 is 0 Å². The van der Waals surface area contributed by atoms with E-state index in [4.69, 9.17) is 11.6 Å². The van der Waals surface area contributed by atoms with Crippen molar-refractivity contribution in [2.75, 3.05) is 0 Å². The van der Waals surface area contributed by atoms with E-state index in [0.29, 0.717) is 41.7 Å². The molecule has 1 aliphatic rings. The van der Waals surface area contributed by atoms with Crippen LogP contribution >= 0.6 is 11.6 Å². The largest absolute Gasteiger partial charge is 0.349 e. The number of hydrogen-bond acceptors (Lipinski definition) is 4. The maximum absolute atomic E-state index is 13.1. The number of amides is 1. The van der Waals surface area contributed by atoms with Crippen molar-refractivity contribution in [3.8, 4) is 0 Å². The minimum atomic E-state index is -3.84. The average molecular weight is 502 g/mol. The second kappa shape index (κ2) is 10.2. The number of pyridine rings is 1. The van der Waals surface area contributed by atoms with Gasteiger partial charge < -0.3 is 5.32 Å². The monoisotopic (exact) mass is 501 g/mol. The third-order valence-corrected chi connectivity index (χ3v) is 7.67. The third kappa shape index (κ3) is 5.80. The lowest BCUT2D eigenvalue weighted by molar-refractivity contribution is -0.126. The Bertz CT molecular complexity index is 1320. The minimum Gasteiger partial charge on any atom is -0.349 e. The molecule has 3 aromatic rings. The molecule has 0 aliphatic heterocycles. The van der Waals surface area contributed by atoms with Crippen LogP contribution in [0.15, 0.2) is 63.9 Å². The van der Waals surface area contributed by atoms with Crippen LogP contribution in [0.4, 0.5) is 4.39 Å². The molecule has 2 aromatic carbocycles. The molecule has 178 valence electrons. The Labute approximate surface area is 203 Å². The first-order valence-electron chi connectivity index (χ1n) is 11.1. The average Bonchev–Trinajstić information content (AvgIpc) is 2.83. The molecule has 1 N–H and O–H groups in total. The molecule has 0 unspecified atom stereocenters. The minimum absolute atomic E-state index is 0.00530. The van der Waals surface area contributed by atoms with Crippen LogP contribution in [0.25, 0.3) is 10.9 Å². The Morgan fingerprint density at radius 3 is 2.53 bits per heavy atom. The maximum atomic E-state index is 13.1. The zero-order chi connectivity index (χ0) is 24.3. The Morgan fingerprint density at radius 2 is 1.82 bits per heavy atom. The molecule has 0 radical (unpaired) electrons. The molecule has 0 bridgehead atoms. The Hall–Kier alpha value is -2.84. The summed E-state index contributed by atoms with van der Waals surface area (Å²) in [6.07, 6.45) is 4.17. The number of benzene rings is 2. The van der Waals surface area contributed by atoms with E-state index in [-0.39, 0.29) is 34.5 Å². The second-order valence-electron chi connectivity index (χ2n) is 8.61. The summed E-state index contributed by atoms with van der Waals surface area (Å²) in [7, 11) is -3.84. The van der Waals surface area contributed by atoms with E-state index in [0.717, 1.165) is 5.56 Å². The standard InChI is InChI=1S/C25H25ClFN3O3S/c1-16(18-6-9-21(27)10-7-18)29-25(31)19-4-2-17(3-5-19)15-28-34(32,33)22-11-12-23-20(14-22)8-13-24(26)30-23/h6-17,19H,2-5H2,1H3,(H,29,31)/t16-,17?,19?/m1/s1. The highest BCUT2D eigenvalue weighted by atomic mass is 35.5. The van der Waals surface area contributed by atoms with Crippen molar-refractivity contribution in [2.24, 2.45) is 16.2 Å². The number of nitrogens with one attached hydrogen (secondary N) is 1. The SMILES string of the molecule is C[C@@H](NC(=O)C1CCC(C=NS(=O)(=O)c2ccc3nc(Cl)ccc3c2)CC1)c1ccc(F)cc1. The fraction of sp³-hybridized carbons (Fsp3) is 0.320. The van der Waals surface area contributed by atoms with Crippen molar-refractivity contribution in [2.45, 2.75) is 43.5 Å². The van der Waals surface area contributed by atoms with Gasteiger partial charge in [-0.15, -0.1) is 0 Å². The second-order valence-corrected chi connectivity index (χ2v) is 10.6. The summed E-state index contributed by atoms with van der Waals surface area (Å²) in [6, 6.07) is 13.8. The van der Waals surface area contributed by atoms with Gasteiger partial charge in [-0.1, -0.05) is 23.7 Å². The molecule has 1 fully saturated rings. The van der Waals surface area contributed by atoms with Gasteiger partial charge in [0, 0.05) is 17.5 Å². The van der Waals surface area contributed by atoms with Crippen LogP contribution in [0.3, 0.4) is 0 Å². The molecule has 1 heterocycles. The van der Waals surface area contributed by atoms with Gasteiger partial charge in [0.25, 0.3) is 10.0 Å². The molecule has 1 saturated carbocycles. The van der Waals surface area contributed by atoms with E-state index in [1.165, 1.54) is 30.5 Å². The topological polar surface area (TPSA) is 88.5 Å². The zero-order valence-corrected chi connectivity index (χ0v) is 20.2. The Balaban J connectivity index is 1.33. The first kappa shape index (κ1) is 24.3. The maximum Gasteiger partial charge on any atom is 0.282 e. The summed E-state index contributed by atoms with van der Waals surface area (Å²) >= 11 is 5.88. The van der Waals surface area contributed by atoms with E-state index in [1.807, 2.05) is 6.92 Å². The van der Waals surface area contributed by atoms with Crippen molar-refractivity contribution < 1.29 is 17.6 Å². The summed E-state index contributed by atoms with van der Waals surface area (Å²) in [4.78, 5) is 16.9. The number of rotatable bonds is 6. The molecule has 1 atom stereocenters. The third-order valence-electron chi connectivity index (χ3n) is 6.21. The summed E-state index contributed by atoms with van der Waals surface area (Å²) in [5, 5.41) is 4.00. The van der Waals surface area contributed by atoms with Gasteiger partial charge in [-0.2, -0.15) is 12.8 Å². The smallest absolute Gasteiger partial charge is 0.282 e. The highest BCUT2D eigenvalue weighted by Crippen LogP contribution is 2.29. The highest BCUT2D eigenvalue weighted by Gasteiger charge is 2.27. The van der Waals surface area contributed by atoms with Crippen LogP contribution in [-0.4, -0.2) is 25.5 Å². The van der Waals surface area contributed by atoms with Crippen LogP contribution < -0.4 is 5.32 Å². The van der Waals surface area contributed by atoms with Gasteiger partial charge in [0.15, 0.2) is 0 Å². The van der Waals surface area contributed by atoms with Gasteiger partial charge in [0.1, 0.15) is 11.0 Å². The zero-order valence-electron chi connectivity index (χ0n) is 18.6. The van der Waals surface area contributed by atoms with E-state index < -0.39 is 10.0 Å². The molecular formula is C25H25ClFN3O3S. The summed E-state index contributed by atoms with van der Waals surface area (Å²) < 4.78 is 42.4. The lowest BCUT2D eigenvalue weighted by Gasteiger charge is -2.27. The fourth-order valence-corrected chi connectivity index (χ4v) is 5.29. The summed E-state index contributed by atoms with van der Waals surface area (Å²) in [5.74, 6) is -0.491. The van der Waals surface area contributed by atoms with Crippen molar-refractivity contribution >= 4 is 44.6 Å². The number of hydrogen-bond donors (Lipinski definition) is 1. The lowest BCUT2D eigenvalue weighted by atomic mass is 9.82. The molecule has 1 aliphatic carbocycles. The number of carbonyl (C=O) groups is 1. The normalized spacial score (nSPS) is 19.9. The van der Waals surface area contributed by atoms with Crippen molar-refractivity contribution in [3.05, 3.63) is 71.1 Å². The number of fused-ring (bicyclic) bond motifs is 1. The summed E-state index contributed by atoms with van der Waals surface area (Å²) in [6.45, 7) is 1.87. The van der Waals surface area contributed by atoms with Crippen LogP contribution in [0.1, 0.15) is 44.2 Å². The predicted molar refractivity (Wildman–Crippen MR) is 131 cm³/mol. The van der Waals surface area contributed by atoms with Gasteiger partial charge in [0.2, 0.25) is 5.91 Å². The first-order valence-corrected chi connectivity index (χ1v) is 13.0. The van der Waals surface area contributed by atoms with Gasteiger partial charge in [-0.25, -0.2) is 9.37 Å². The molecule has 34 heavy (non-hydrogen) atoms. The molecule has 6 nitrogen and oxygen atoms in total. The van der Waals surface area contributed by atoms with Crippen LogP contribution in [0, 0.1) is 17.7 Å². The molecule has 9 heteroatoms. The molecule has 0 spiro atoms. The van der Waals surface area contributed by atoms with Crippen LogP contribution in [0.5, 0.6) is 0 Å². The molecule has 1 aromatic heterocycles. The van der Waals surface area contributed by atoms with Gasteiger partial charge in [-0.05, 0) is 86.6 Å². The lowest BCUT2D eigenvalue weighted by Crippen LogP contribution is -2.35.